The molecule has 2 aromatic rings. The zero-order valence-corrected chi connectivity index (χ0v) is 9.19. The number of aromatic nitrogens is 2. The van der Waals surface area contributed by atoms with E-state index in [2.05, 4.69) is 17.2 Å². The summed E-state index contributed by atoms with van der Waals surface area (Å²) >= 11 is 0. The molecule has 4 nitrogen and oxygen atoms in total. The number of imidazole rings is 1. The zero-order valence-electron chi connectivity index (χ0n) is 9.19. The molecule has 0 saturated heterocycles. The Hall–Kier alpha value is -1.55. The van der Waals surface area contributed by atoms with E-state index in [1.54, 1.807) is 7.11 Å². The second kappa shape index (κ2) is 3.90. The van der Waals surface area contributed by atoms with Crippen molar-refractivity contribution in [3.8, 4) is 5.75 Å². The van der Waals surface area contributed by atoms with Gasteiger partial charge in [0.1, 0.15) is 17.1 Å². The lowest BCUT2D eigenvalue weighted by molar-refractivity contribution is 0.417. The number of pyridine rings is 1. The van der Waals surface area contributed by atoms with Crippen LogP contribution < -0.4 is 10.1 Å². The molecule has 2 heterocycles. The van der Waals surface area contributed by atoms with Crippen LogP contribution in [-0.4, -0.2) is 23.5 Å². The van der Waals surface area contributed by atoms with Crippen molar-refractivity contribution < 1.29 is 4.74 Å². The summed E-state index contributed by atoms with van der Waals surface area (Å²) in [6, 6.07) is 4.11. The van der Waals surface area contributed by atoms with Gasteiger partial charge in [0.05, 0.1) is 19.3 Å². The fourth-order valence-electron chi connectivity index (χ4n) is 1.64. The fraction of sp³-hybridized carbons (Fsp3) is 0.364. The van der Waals surface area contributed by atoms with E-state index in [0.717, 1.165) is 17.1 Å². The molecule has 0 aromatic carbocycles. The van der Waals surface area contributed by atoms with E-state index < -0.39 is 0 Å². The van der Waals surface area contributed by atoms with Crippen LogP contribution in [0.25, 0.3) is 5.52 Å². The number of hydrogen-bond donors (Lipinski definition) is 1. The largest absolute Gasteiger partial charge is 0.494 e. The van der Waals surface area contributed by atoms with Gasteiger partial charge in [-0.2, -0.15) is 0 Å². The smallest absolute Gasteiger partial charge is 0.144 e. The van der Waals surface area contributed by atoms with Crippen LogP contribution >= 0.6 is 0 Å². The molecule has 0 amide bonds. The summed E-state index contributed by atoms with van der Waals surface area (Å²) in [4.78, 5) is 4.40. The molecule has 0 fully saturated rings. The van der Waals surface area contributed by atoms with Crippen molar-refractivity contribution in [3.05, 3.63) is 30.4 Å². The van der Waals surface area contributed by atoms with Crippen molar-refractivity contribution in [1.29, 1.82) is 0 Å². The maximum absolute atomic E-state index is 5.27. The molecule has 1 atom stereocenters. The summed E-state index contributed by atoms with van der Waals surface area (Å²) in [6.45, 7) is 2.08. The molecule has 0 aliphatic rings. The van der Waals surface area contributed by atoms with Crippen molar-refractivity contribution in [1.82, 2.24) is 14.7 Å². The highest BCUT2D eigenvalue weighted by atomic mass is 16.5. The Bertz CT molecular complexity index is 464. The average molecular weight is 205 g/mol. The van der Waals surface area contributed by atoms with Gasteiger partial charge in [-0.3, -0.25) is 4.40 Å². The van der Waals surface area contributed by atoms with Crippen LogP contribution in [0.2, 0.25) is 0 Å². The van der Waals surface area contributed by atoms with E-state index in [1.807, 2.05) is 36.0 Å². The van der Waals surface area contributed by atoms with Gasteiger partial charge >= 0.3 is 0 Å². The Morgan fingerprint density at radius 2 is 2.33 bits per heavy atom. The van der Waals surface area contributed by atoms with E-state index in [4.69, 9.17) is 4.74 Å². The quantitative estimate of drug-likeness (QED) is 0.827. The number of hydrogen-bond acceptors (Lipinski definition) is 3. The van der Waals surface area contributed by atoms with Crippen molar-refractivity contribution in [3.63, 3.8) is 0 Å². The maximum Gasteiger partial charge on any atom is 0.144 e. The van der Waals surface area contributed by atoms with Gasteiger partial charge in [0.25, 0.3) is 0 Å². The van der Waals surface area contributed by atoms with Crippen LogP contribution in [0.15, 0.2) is 24.5 Å². The van der Waals surface area contributed by atoms with Crippen molar-refractivity contribution in [2.45, 2.75) is 13.0 Å². The van der Waals surface area contributed by atoms with Gasteiger partial charge in [-0.1, -0.05) is 0 Å². The lowest BCUT2D eigenvalue weighted by Crippen LogP contribution is -2.15. The number of nitrogens with zero attached hydrogens (tertiary/aromatic N) is 2. The van der Waals surface area contributed by atoms with Gasteiger partial charge < -0.3 is 10.1 Å². The van der Waals surface area contributed by atoms with Crippen LogP contribution in [0.5, 0.6) is 5.75 Å². The molecule has 4 heteroatoms. The molecule has 2 rings (SSSR count). The topological polar surface area (TPSA) is 38.6 Å². The summed E-state index contributed by atoms with van der Waals surface area (Å²) in [5, 5.41) is 3.17. The Morgan fingerprint density at radius 1 is 1.53 bits per heavy atom. The Labute approximate surface area is 88.9 Å². The first kappa shape index (κ1) is 9.98. The van der Waals surface area contributed by atoms with Gasteiger partial charge in [0.2, 0.25) is 0 Å². The lowest BCUT2D eigenvalue weighted by atomic mass is 10.3. The molecule has 0 aliphatic heterocycles. The minimum Gasteiger partial charge on any atom is -0.494 e. The standard InChI is InChI=1S/C11H15N3O/c1-8(12-2)11-13-7-9-10(15-3)5-4-6-14(9)11/h4-8,12H,1-3H3. The summed E-state index contributed by atoms with van der Waals surface area (Å²) in [7, 11) is 3.59. The Balaban J connectivity index is 2.60. The van der Waals surface area contributed by atoms with Crippen LogP contribution in [0.4, 0.5) is 0 Å². The van der Waals surface area contributed by atoms with Crippen LogP contribution in [0, 0.1) is 0 Å². The highest BCUT2D eigenvalue weighted by molar-refractivity contribution is 5.59. The second-order valence-corrected chi connectivity index (χ2v) is 3.46. The molecule has 0 aliphatic carbocycles. The van der Waals surface area contributed by atoms with Crippen molar-refractivity contribution in [2.24, 2.45) is 0 Å². The molecular formula is C11H15N3O. The van der Waals surface area contributed by atoms with Gasteiger partial charge in [-0.05, 0) is 26.1 Å². The summed E-state index contributed by atoms with van der Waals surface area (Å²) < 4.78 is 7.31. The third kappa shape index (κ3) is 1.57. The van der Waals surface area contributed by atoms with E-state index in [9.17, 15) is 0 Å². The highest BCUT2D eigenvalue weighted by Gasteiger charge is 2.11. The van der Waals surface area contributed by atoms with Crippen LogP contribution in [0.3, 0.4) is 0 Å². The second-order valence-electron chi connectivity index (χ2n) is 3.46. The number of ether oxygens (including phenoxy) is 1. The zero-order chi connectivity index (χ0) is 10.8. The lowest BCUT2D eigenvalue weighted by Gasteiger charge is -2.09. The molecule has 2 aromatic heterocycles. The predicted molar refractivity (Wildman–Crippen MR) is 59.2 cm³/mol. The summed E-state index contributed by atoms with van der Waals surface area (Å²) in [5.41, 5.74) is 0.997. The number of nitrogens with one attached hydrogen (secondary N) is 1. The van der Waals surface area contributed by atoms with Gasteiger partial charge in [0.15, 0.2) is 0 Å². The summed E-state index contributed by atoms with van der Waals surface area (Å²) in [6.07, 6.45) is 3.83. The first-order chi connectivity index (χ1) is 7.27. The molecule has 0 bridgehead atoms. The molecule has 80 valence electrons. The van der Waals surface area contributed by atoms with Gasteiger partial charge in [0, 0.05) is 6.20 Å². The Morgan fingerprint density at radius 3 is 3.00 bits per heavy atom. The summed E-state index contributed by atoms with van der Waals surface area (Å²) in [5.74, 6) is 1.84. The van der Waals surface area contributed by atoms with E-state index in [0.29, 0.717) is 0 Å². The predicted octanol–water partition coefficient (Wildman–Crippen LogP) is 1.62. The highest BCUT2D eigenvalue weighted by Crippen LogP contribution is 2.22. The molecule has 15 heavy (non-hydrogen) atoms. The van der Waals surface area contributed by atoms with Crippen molar-refractivity contribution in [2.75, 3.05) is 14.2 Å². The minimum atomic E-state index is 0.222. The molecule has 0 radical (unpaired) electrons. The Kier molecular flexibility index (Phi) is 2.60. The third-order valence-electron chi connectivity index (χ3n) is 2.60. The van der Waals surface area contributed by atoms with Crippen LogP contribution in [-0.2, 0) is 0 Å². The first-order valence-electron chi connectivity index (χ1n) is 4.95. The SMILES string of the molecule is CNC(C)c1ncc2c(OC)cccn12. The minimum absolute atomic E-state index is 0.222. The normalized spacial score (nSPS) is 13.0. The van der Waals surface area contributed by atoms with Gasteiger partial charge in [-0.15, -0.1) is 0 Å². The molecule has 1 unspecified atom stereocenters. The van der Waals surface area contributed by atoms with Crippen molar-refractivity contribution >= 4 is 5.52 Å². The molecule has 0 saturated carbocycles. The average Bonchev–Trinajstić information content (AvgIpc) is 2.71. The molecular weight excluding hydrogens is 190 g/mol. The van der Waals surface area contributed by atoms with Crippen LogP contribution in [0.1, 0.15) is 18.8 Å². The van der Waals surface area contributed by atoms with E-state index in [1.165, 1.54) is 0 Å². The van der Waals surface area contributed by atoms with E-state index >= 15 is 0 Å². The number of fused-ring (bicyclic) bond motifs is 1. The third-order valence-corrected chi connectivity index (χ3v) is 2.60. The number of rotatable bonds is 3. The first-order valence-corrected chi connectivity index (χ1v) is 4.95. The molecule has 1 N–H and O–H groups in total. The van der Waals surface area contributed by atoms with E-state index in [-0.39, 0.29) is 6.04 Å². The number of methoxy groups -OCH3 is 1. The van der Waals surface area contributed by atoms with Gasteiger partial charge in [-0.25, -0.2) is 4.98 Å². The fourth-order valence-corrected chi connectivity index (χ4v) is 1.64. The monoisotopic (exact) mass is 205 g/mol. The molecule has 0 spiro atoms. The maximum atomic E-state index is 5.27.